The Hall–Kier alpha value is -3.29. The minimum absolute atomic E-state index is 0.0590. The number of imidazole rings is 1. The number of rotatable bonds is 4. The van der Waals surface area contributed by atoms with Gasteiger partial charge in [0.15, 0.2) is 11.7 Å². The van der Waals surface area contributed by atoms with Crippen LogP contribution in [-0.4, -0.2) is 63.9 Å². The lowest BCUT2D eigenvalue weighted by Gasteiger charge is -2.36. The van der Waals surface area contributed by atoms with Crippen LogP contribution in [0.3, 0.4) is 0 Å². The number of benzene rings is 1. The monoisotopic (exact) mass is 394 g/mol. The second-order valence-corrected chi connectivity index (χ2v) is 7.00. The number of aryl methyl sites for hydroxylation is 1. The summed E-state index contributed by atoms with van der Waals surface area (Å²) in [5.41, 5.74) is 2.09. The number of hydrogen-bond acceptors (Lipinski definition) is 4. The van der Waals surface area contributed by atoms with Gasteiger partial charge in [0, 0.05) is 39.8 Å². The summed E-state index contributed by atoms with van der Waals surface area (Å²) in [6.45, 7) is 6.06. The molecule has 8 nitrogen and oxygen atoms in total. The van der Waals surface area contributed by atoms with Crippen molar-refractivity contribution in [2.24, 2.45) is 12.0 Å². The van der Waals surface area contributed by atoms with Gasteiger partial charge in [0.1, 0.15) is 12.4 Å². The Kier molecular flexibility index (Phi) is 5.50. The summed E-state index contributed by atoms with van der Waals surface area (Å²) in [6.07, 6.45) is 1.53. The first-order chi connectivity index (χ1) is 14.2. The van der Waals surface area contributed by atoms with Crippen LogP contribution in [0.15, 0.2) is 52.1 Å². The van der Waals surface area contributed by atoms with Gasteiger partial charge in [0.25, 0.3) is 5.91 Å². The Morgan fingerprint density at radius 3 is 2.59 bits per heavy atom. The maximum absolute atomic E-state index is 12.5. The first-order valence-electron chi connectivity index (χ1n) is 9.93. The van der Waals surface area contributed by atoms with Crippen molar-refractivity contribution in [1.29, 1.82) is 0 Å². The van der Waals surface area contributed by atoms with Crippen molar-refractivity contribution in [3.05, 3.63) is 54.2 Å². The van der Waals surface area contributed by atoms with Crippen molar-refractivity contribution in [3.8, 4) is 0 Å². The highest BCUT2D eigenvalue weighted by molar-refractivity contribution is 5.91. The van der Waals surface area contributed by atoms with Gasteiger partial charge < -0.3 is 24.1 Å². The van der Waals surface area contributed by atoms with E-state index in [4.69, 9.17) is 14.4 Å². The Bertz CT molecular complexity index is 1000. The number of piperazine rings is 1. The normalized spacial score (nSPS) is 15.2. The van der Waals surface area contributed by atoms with Gasteiger partial charge >= 0.3 is 0 Å². The van der Waals surface area contributed by atoms with Crippen molar-refractivity contribution < 1.29 is 9.21 Å². The number of aromatic nitrogens is 2. The second-order valence-electron chi connectivity index (χ2n) is 7.00. The Balaban J connectivity index is 1.43. The average Bonchev–Trinajstić information content (AvgIpc) is 3.40. The molecule has 0 atom stereocenters. The zero-order valence-electron chi connectivity index (χ0n) is 16.8. The largest absolute Gasteiger partial charge is 0.459 e. The fourth-order valence-electron chi connectivity index (χ4n) is 3.59. The lowest BCUT2D eigenvalue weighted by atomic mass is 10.3. The number of nitrogens with zero attached hydrogens (tertiary/aromatic N) is 5. The Morgan fingerprint density at radius 1 is 1.14 bits per heavy atom. The molecule has 3 aromatic rings. The van der Waals surface area contributed by atoms with Gasteiger partial charge in [-0.2, -0.15) is 0 Å². The molecule has 1 saturated heterocycles. The number of carbonyl (C=O) groups is 1. The van der Waals surface area contributed by atoms with E-state index in [2.05, 4.69) is 27.8 Å². The van der Waals surface area contributed by atoms with E-state index in [0.29, 0.717) is 25.4 Å². The highest BCUT2D eigenvalue weighted by atomic mass is 16.3. The lowest BCUT2D eigenvalue weighted by molar-refractivity contribution is 0.0657. The highest BCUT2D eigenvalue weighted by Gasteiger charge is 2.25. The highest BCUT2D eigenvalue weighted by Crippen LogP contribution is 2.15. The van der Waals surface area contributed by atoms with Crippen LogP contribution in [0.1, 0.15) is 23.3 Å². The molecule has 1 aromatic carbocycles. The molecule has 1 amide bonds. The molecule has 1 fully saturated rings. The van der Waals surface area contributed by atoms with Crippen LogP contribution in [0.5, 0.6) is 0 Å². The van der Waals surface area contributed by atoms with E-state index in [1.54, 1.807) is 12.1 Å². The third-order valence-corrected chi connectivity index (χ3v) is 5.18. The van der Waals surface area contributed by atoms with E-state index in [1.165, 1.54) is 6.26 Å². The number of aliphatic imine (C=N–C) groups is 1. The van der Waals surface area contributed by atoms with Crippen LogP contribution in [-0.2, 0) is 13.6 Å². The van der Waals surface area contributed by atoms with Crippen molar-refractivity contribution in [2.45, 2.75) is 13.5 Å². The molecule has 0 aliphatic carbocycles. The van der Waals surface area contributed by atoms with Gasteiger partial charge in [-0.15, -0.1) is 0 Å². The fourth-order valence-corrected chi connectivity index (χ4v) is 3.59. The van der Waals surface area contributed by atoms with Gasteiger partial charge in [0.2, 0.25) is 0 Å². The molecule has 3 heterocycles. The molecule has 8 heteroatoms. The molecular formula is C21H26N6O2. The van der Waals surface area contributed by atoms with Gasteiger partial charge in [-0.3, -0.25) is 4.79 Å². The third kappa shape index (κ3) is 3.96. The number of furan rings is 1. The number of hydrogen-bond donors (Lipinski definition) is 1. The third-order valence-electron chi connectivity index (χ3n) is 5.18. The summed E-state index contributed by atoms with van der Waals surface area (Å²) < 4.78 is 7.32. The van der Waals surface area contributed by atoms with E-state index < -0.39 is 0 Å². The van der Waals surface area contributed by atoms with Crippen LogP contribution in [0.4, 0.5) is 0 Å². The predicted molar refractivity (Wildman–Crippen MR) is 112 cm³/mol. The Morgan fingerprint density at radius 2 is 1.90 bits per heavy atom. The number of amides is 1. The zero-order valence-corrected chi connectivity index (χ0v) is 16.8. The van der Waals surface area contributed by atoms with E-state index >= 15 is 0 Å². The van der Waals surface area contributed by atoms with Crippen molar-refractivity contribution in [2.75, 3.05) is 32.7 Å². The SMILES string of the molecule is CCNC(=NCc1nc2ccccc2n1C)N1CCN(C(=O)c2ccco2)CC1. The molecule has 0 bridgehead atoms. The molecule has 1 aliphatic rings. The van der Waals surface area contributed by atoms with Crippen LogP contribution in [0.2, 0.25) is 0 Å². The molecule has 0 spiro atoms. The summed E-state index contributed by atoms with van der Waals surface area (Å²) >= 11 is 0. The van der Waals surface area contributed by atoms with Gasteiger partial charge in [0.05, 0.1) is 17.3 Å². The predicted octanol–water partition coefficient (Wildman–Crippen LogP) is 2.09. The first-order valence-corrected chi connectivity index (χ1v) is 9.93. The van der Waals surface area contributed by atoms with Gasteiger partial charge in [-0.05, 0) is 31.2 Å². The number of guanidine groups is 1. The summed E-state index contributed by atoms with van der Waals surface area (Å²) in [5, 5.41) is 3.36. The van der Waals surface area contributed by atoms with Crippen LogP contribution < -0.4 is 5.32 Å². The number of para-hydroxylation sites is 2. The molecule has 0 saturated carbocycles. The average molecular weight is 394 g/mol. The zero-order chi connectivity index (χ0) is 20.2. The van der Waals surface area contributed by atoms with Crippen molar-refractivity contribution in [3.63, 3.8) is 0 Å². The van der Waals surface area contributed by atoms with E-state index in [0.717, 1.165) is 42.5 Å². The molecule has 4 rings (SSSR count). The topological polar surface area (TPSA) is 78.9 Å². The number of nitrogens with one attached hydrogen (secondary N) is 1. The minimum Gasteiger partial charge on any atom is -0.459 e. The van der Waals surface area contributed by atoms with Crippen LogP contribution in [0, 0.1) is 0 Å². The molecular weight excluding hydrogens is 368 g/mol. The van der Waals surface area contributed by atoms with Gasteiger partial charge in [-0.1, -0.05) is 12.1 Å². The number of fused-ring (bicyclic) bond motifs is 1. The standard InChI is InChI=1S/C21H26N6O2/c1-3-22-21(23-15-19-24-16-7-4-5-8-17(16)25(19)2)27-12-10-26(11-13-27)20(28)18-9-6-14-29-18/h4-9,14H,3,10-13,15H2,1-2H3,(H,22,23). The second kappa shape index (κ2) is 8.38. The van der Waals surface area contributed by atoms with Gasteiger partial charge in [-0.25, -0.2) is 9.98 Å². The van der Waals surface area contributed by atoms with Crippen molar-refractivity contribution in [1.82, 2.24) is 24.7 Å². The summed E-state index contributed by atoms with van der Waals surface area (Å²) in [5.74, 6) is 2.11. The molecule has 0 radical (unpaired) electrons. The van der Waals surface area contributed by atoms with E-state index in [9.17, 15) is 4.79 Å². The molecule has 1 N–H and O–H groups in total. The first kappa shape index (κ1) is 19.0. The minimum atomic E-state index is -0.0590. The molecule has 29 heavy (non-hydrogen) atoms. The summed E-state index contributed by atoms with van der Waals surface area (Å²) in [7, 11) is 2.02. The fraction of sp³-hybridized carbons (Fsp3) is 0.381. The van der Waals surface area contributed by atoms with Crippen LogP contribution in [0.25, 0.3) is 11.0 Å². The number of carbonyl (C=O) groups excluding carboxylic acids is 1. The summed E-state index contributed by atoms with van der Waals surface area (Å²) in [6, 6.07) is 11.5. The maximum atomic E-state index is 12.5. The van der Waals surface area contributed by atoms with E-state index in [1.807, 2.05) is 30.1 Å². The molecule has 2 aromatic heterocycles. The smallest absolute Gasteiger partial charge is 0.289 e. The van der Waals surface area contributed by atoms with Crippen molar-refractivity contribution >= 4 is 22.9 Å². The van der Waals surface area contributed by atoms with Crippen LogP contribution >= 0.6 is 0 Å². The molecule has 1 aliphatic heterocycles. The van der Waals surface area contributed by atoms with E-state index in [-0.39, 0.29) is 5.91 Å². The maximum Gasteiger partial charge on any atom is 0.289 e. The summed E-state index contributed by atoms with van der Waals surface area (Å²) in [4.78, 5) is 26.0. The molecule has 152 valence electrons. The lowest BCUT2D eigenvalue weighted by Crippen LogP contribution is -2.53. The molecule has 0 unspecified atom stereocenters. The Labute approximate surface area is 169 Å². The quantitative estimate of drug-likeness (QED) is 0.542.